The number of amides is 2. The van der Waals surface area contributed by atoms with E-state index in [1.54, 1.807) is 4.90 Å². The minimum absolute atomic E-state index is 0.0965. The van der Waals surface area contributed by atoms with Crippen LogP contribution in [0.4, 0.5) is 0 Å². The lowest BCUT2D eigenvalue weighted by atomic mass is 9.97. The maximum atomic E-state index is 13.5. The summed E-state index contributed by atoms with van der Waals surface area (Å²) in [7, 11) is 1.31. The summed E-state index contributed by atoms with van der Waals surface area (Å²) < 4.78 is 4.88. The molecule has 3 atom stereocenters. The van der Waals surface area contributed by atoms with Gasteiger partial charge in [0.05, 0.1) is 7.11 Å². The third kappa shape index (κ3) is 3.62. The van der Waals surface area contributed by atoms with Gasteiger partial charge in [0, 0.05) is 13.0 Å². The van der Waals surface area contributed by atoms with Crippen LogP contribution in [-0.4, -0.2) is 52.8 Å². The van der Waals surface area contributed by atoms with E-state index in [9.17, 15) is 14.4 Å². The zero-order valence-corrected chi connectivity index (χ0v) is 16.4. The number of carbonyl (C=O) groups is 3. The molecule has 0 N–H and O–H groups in total. The largest absolute Gasteiger partial charge is 0.467 e. The van der Waals surface area contributed by atoms with Gasteiger partial charge in [0.1, 0.15) is 18.1 Å². The van der Waals surface area contributed by atoms with Crippen LogP contribution in [0.5, 0.6) is 0 Å². The Morgan fingerprint density at radius 1 is 0.931 bits per heavy atom. The lowest BCUT2D eigenvalue weighted by Crippen LogP contribution is -2.65. The number of esters is 1. The molecule has 6 nitrogen and oxygen atoms in total. The molecule has 6 heteroatoms. The second-order valence-electron chi connectivity index (χ2n) is 7.53. The molecule has 2 saturated heterocycles. The highest BCUT2D eigenvalue weighted by atomic mass is 16.5. The molecule has 2 aliphatic heterocycles. The molecule has 0 radical (unpaired) electrons. The first kappa shape index (κ1) is 19.2. The van der Waals surface area contributed by atoms with Crippen molar-refractivity contribution in [1.29, 1.82) is 0 Å². The van der Waals surface area contributed by atoms with Crippen molar-refractivity contribution >= 4 is 17.8 Å². The lowest BCUT2D eigenvalue weighted by molar-refractivity contribution is -0.166. The van der Waals surface area contributed by atoms with Crippen LogP contribution in [0.1, 0.15) is 24.0 Å². The average molecular weight is 392 g/mol. The SMILES string of the molecule is COC(=O)[C@H]1CC[C@H]2C(=O)N(Cc3ccccc3)[C@H](Cc3ccccc3)C(=O)N12. The monoisotopic (exact) mass is 392 g/mol. The number of piperazine rings is 1. The van der Waals surface area contributed by atoms with Gasteiger partial charge in [-0.2, -0.15) is 0 Å². The molecule has 2 amide bonds. The minimum atomic E-state index is -0.682. The van der Waals surface area contributed by atoms with Crippen molar-refractivity contribution in [3.8, 4) is 0 Å². The Kier molecular flexibility index (Phi) is 5.34. The first-order chi connectivity index (χ1) is 14.1. The predicted molar refractivity (Wildman–Crippen MR) is 107 cm³/mol. The Morgan fingerprint density at radius 2 is 1.55 bits per heavy atom. The molecular weight excluding hydrogens is 368 g/mol. The number of ether oxygens (including phenoxy) is 1. The number of methoxy groups -OCH3 is 1. The number of rotatable bonds is 5. The van der Waals surface area contributed by atoms with Crippen LogP contribution < -0.4 is 0 Å². The van der Waals surface area contributed by atoms with E-state index in [0.717, 1.165) is 11.1 Å². The van der Waals surface area contributed by atoms with Crippen molar-refractivity contribution in [3.63, 3.8) is 0 Å². The fourth-order valence-corrected chi connectivity index (χ4v) is 4.38. The highest BCUT2D eigenvalue weighted by Crippen LogP contribution is 2.34. The fourth-order valence-electron chi connectivity index (χ4n) is 4.38. The molecule has 0 unspecified atom stereocenters. The molecule has 2 heterocycles. The molecule has 0 aromatic heterocycles. The highest BCUT2D eigenvalue weighted by molar-refractivity contribution is 6.00. The number of fused-ring (bicyclic) bond motifs is 1. The van der Waals surface area contributed by atoms with Crippen LogP contribution in [0, 0.1) is 0 Å². The standard InChI is InChI=1S/C23H24N2O4/c1-29-23(28)19-13-12-18-21(26)24(15-17-10-6-3-7-11-17)20(22(27)25(18)19)14-16-8-4-2-5-9-16/h2-11,18-20H,12-15H2,1H3/t18-,19+,20+/m0/s1. The maximum absolute atomic E-state index is 13.5. The summed E-state index contributed by atoms with van der Waals surface area (Å²) in [5.74, 6) is -0.730. The van der Waals surface area contributed by atoms with Gasteiger partial charge in [0.25, 0.3) is 0 Å². The molecule has 0 bridgehead atoms. The molecule has 150 valence electrons. The van der Waals surface area contributed by atoms with Crippen molar-refractivity contribution in [3.05, 3.63) is 71.8 Å². The number of hydrogen-bond donors (Lipinski definition) is 0. The molecule has 2 aromatic carbocycles. The highest BCUT2D eigenvalue weighted by Gasteiger charge is 2.53. The van der Waals surface area contributed by atoms with Gasteiger partial charge in [-0.3, -0.25) is 9.59 Å². The van der Waals surface area contributed by atoms with Gasteiger partial charge in [0.15, 0.2) is 0 Å². The van der Waals surface area contributed by atoms with E-state index >= 15 is 0 Å². The van der Waals surface area contributed by atoms with Crippen molar-refractivity contribution in [2.45, 2.75) is 43.9 Å². The van der Waals surface area contributed by atoms with E-state index in [1.807, 2.05) is 60.7 Å². The van der Waals surface area contributed by atoms with E-state index in [2.05, 4.69) is 0 Å². The van der Waals surface area contributed by atoms with Crippen LogP contribution >= 0.6 is 0 Å². The molecule has 0 aliphatic carbocycles. The first-order valence-electron chi connectivity index (χ1n) is 9.88. The Morgan fingerprint density at radius 3 is 2.17 bits per heavy atom. The normalized spacial score (nSPS) is 23.8. The van der Waals surface area contributed by atoms with Gasteiger partial charge in [-0.1, -0.05) is 60.7 Å². The zero-order valence-electron chi connectivity index (χ0n) is 16.4. The lowest BCUT2D eigenvalue weighted by Gasteiger charge is -2.43. The van der Waals surface area contributed by atoms with E-state index in [0.29, 0.717) is 25.8 Å². The molecule has 4 rings (SSSR count). The Labute approximate surface area is 170 Å². The second-order valence-corrected chi connectivity index (χ2v) is 7.53. The van der Waals surface area contributed by atoms with Gasteiger partial charge in [-0.05, 0) is 24.0 Å². The second kappa shape index (κ2) is 8.07. The van der Waals surface area contributed by atoms with Gasteiger partial charge in [0.2, 0.25) is 11.8 Å². The smallest absolute Gasteiger partial charge is 0.328 e. The zero-order chi connectivity index (χ0) is 20.4. The van der Waals surface area contributed by atoms with Crippen LogP contribution in [0.3, 0.4) is 0 Å². The third-order valence-corrected chi connectivity index (χ3v) is 5.81. The summed E-state index contributed by atoms with van der Waals surface area (Å²) >= 11 is 0. The summed E-state index contributed by atoms with van der Waals surface area (Å²) in [4.78, 5) is 42.3. The van der Waals surface area contributed by atoms with Crippen molar-refractivity contribution in [2.24, 2.45) is 0 Å². The molecule has 2 fully saturated rings. The number of hydrogen-bond acceptors (Lipinski definition) is 4. The van der Waals surface area contributed by atoms with Crippen LogP contribution in [0.25, 0.3) is 0 Å². The Bertz CT molecular complexity index is 900. The third-order valence-electron chi connectivity index (χ3n) is 5.81. The molecular formula is C23H24N2O4. The van der Waals surface area contributed by atoms with Crippen molar-refractivity contribution < 1.29 is 19.1 Å². The van der Waals surface area contributed by atoms with Gasteiger partial charge < -0.3 is 14.5 Å². The van der Waals surface area contributed by atoms with Crippen LogP contribution in [0.15, 0.2) is 60.7 Å². The van der Waals surface area contributed by atoms with E-state index in [-0.39, 0.29) is 11.8 Å². The average Bonchev–Trinajstić information content (AvgIpc) is 3.21. The summed E-state index contributed by atoms with van der Waals surface area (Å²) in [5, 5.41) is 0. The summed E-state index contributed by atoms with van der Waals surface area (Å²) in [6.07, 6.45) is 1.34. The van der Waals surface area contributed by atoms with Crippen LogP contribution in [-0.2, 0) is 32.1 Å². The fraction of sp³-hybridized carbons (Fsp3) is 0.348. The maximum Gasteiger partial charge on any atom is 0.328 e. The van der Waals surface area contributed by atoms with E-state index in [4.69, 9.17) is 4.74 Å². The van der Waals surface area contributed by atoms with Gasteiger partial charge in [-0.25, -0.2) is 4.79 Å². The molecule has 0 spiro atoms. The molecule has 29 heavy (non-hydrogen) atoms. The Balaban J connectivity index is 1.68. The topological polar surface area (TPSA) is 66.9 Å². The number of benzene rings is 2. The molecule has 2 aromatic rings. The van der Waals surface area contributed by atoms with Crippen molar-refractivity contribution in [2.75, 3.05) is 7.11 Å². The van der Waals surface area contributed by atoms with Gasteiger partial charge in [-0.15, -0.1) is 0 Å². The minimum Gasteiger partial charge on any atom is -0.467 e. The summed E-state index contributed by atoms with van der Waals surface area (Å²) in [6, 6.07) is 17.4. The Hall–Kier alpha value is -3.15. The van der Waals surface area contributed by atoms with Crippen LogP contribution in [0.2, 0.25) is 0 Å². The van der Waals surface area contributed by atoms with E-state index < -0.39 is 24.1 Å². The number of carbonyl (C=O) groups excluding carboxylic acids is 3. The molecule has 2 aliphatic rings. The van der Waals surface area contributed by atoms with Crippen molar-refractivity contribution in [1.82, 2.24) is 9.80 Å². The van der Waals surface area contributed by atoms with Gasteiger partial charge >= 0.3 is 5.97 Å². The quantitative estimate of drug-likeness (QED) is 0.732. The summed E-state index contributed by atoms with van der Waals surface area (Å²) in [6.45, 7) is 0.371. The molecule has 0 saturated carbocycles. The van der Waals surface area contributed by atoms with E-state index in [1.165, 1.54) is 12.0 Å². The first-order valence-corrected chi connectivity index (χ1v) is 9.88. The predicted octanol–water partition coefficient (Wildman–Crippen LogP) is 2.17. The number of nitrogens with zero attached hydrogens (tertiary/aromatic N) is 2. The summed E-state index contributed by atoms with van der Waals surface area (Å²) in [5.41, 5.74) is 1.95.